The van der Waals surface area contributed by atoms with Crippen molar-refractivity contribution in [3.63, 3.8) is 0 Å². The fourth-order valence-corrected chi connectivity index (χ4v) is 6.85. The molecule has 29 heteroatoms. The van der Waals surface area contributed by atoms with E-state index in [9.17, 15) is 101 Å². The molecule has 5 rings (SSSR count). The Morgan fingerprint density at radius 2 is 0.610 bits per heavy atom. The van der Waals surface area contributed by atoms with Crippen LogP contribution in [0.3, 0.4) is 0 Å². The van der Waals surface area contributed by atoms with E-state index in [0.717, 1.165) is 0 Å². The first-order valence-electron chi connectivity index (χ1n) is 17.5. The molecule has 5 fully saturated rings. The normalized spacial score (nSPS) is 50.8. The number of hydrogen-bond acceptors (Lipinski definition) is 25. The van der Waals surface area contributed by atoms with Crippen LogP contribution < -0.4 is 0 Å². The summed E-state index contributed by atoms with van der Waals surface area (Å²) < 4.78 is 46.5. The Bertz CT molecular complexity index is 1500. The predicted octanol–water partition coefficient (Wildman–Crippen LogP) is -10.5. The average Bonchev–Trinajstić information content (AvgIpc) is 3.16. The first-order chi connectivity index (χ1) is 27.5. The van der Waals surface area contributed by atoms with Crippen molar-refractivity contribution >= 4 is 23.9 Å². The molecule has 5 aliphatic heterocycles. The van der Waals surface area contributed by atoms with Crippen LogP contribution in [0, 0.1) is 0 Å². The summed E-state index contributed by atoms with van der Waals surface area (Å²) in [4.78, 5) is 48.2. The van der Waals surface area contributed by atoms with Gasteiger partial charge < -0.3 is 124 Å². The molecule has 16 N–H and O–H groups in total. The van der Waals surface area contributed by atoms with E-state index in [-0.39, 0.29) is 0 Å². The number of hydrogen-bond donors (Lipinski definition) is 16. The zero-order chi connectivity index (χ0) is 44.1. The van der Waals surface area contributed by atoms with Crippen LogP contribution >= 0.6 is 0 Å². The van der Waals surface area contributed by atoms with Gasteiger partial charge in [-0.2, -0.15) is 0 Å². The first-order valence-corrected chi connectivity index (χ1v) is 17.5. The van der Waals surface area contributed by atoms with Crippen molar-refractivity contribution in [3.05, 3.63) is 0 Å². The Balaban J connectivity index is 1.29. The zero-order valence-electron chi connectivity index (χ0n) is 29.9. The molecule has 0 aromatic carbocycles. The van der Waals surface area contributed by atoms with Gasteiger partial charge in [0.2, 0.25) is 0 Å². The summed E-state index contributed by atoms with van der Waals surface area (Å²) in [5.74, 6) is -7.83. The van der Waals surface area contributed by atoms with Crippen LogP contribution in [0.15, 0.2) is 0 Å². The molecule has 0 spiro atoms. The molecule has 0 aliphatic carbocycles. The van der Waals surface area contributed by atoms with Crippen molar-refractivity contribution in [3.8, 4) is 0 Å². The number of carbonyl (C=O) groups is 4. The molecule has 5 aliphatic rings. The maximum atomic E-state index is 12.3. The van der Waals surface area contributed by atoms with Gasteiger partial charge in [-0.15, -0.1) is 0 Å². The second-order valence-corrected chi connectivity index (χ2v) is 14.1. The van der Waals surface area contributed by atoms with Crippen LogP contribution in [0.4, 0.5) is 0 Å². The summed E-state index contributed by atoms with van der Waals surface area (Å²) in [6.45, 7) is 1.29. The van der Waals surface area contributed by atoms with E-state index >= 15 is 0 Å². The molecule has 29 nitrogen and oxygen atoms in total. The van der Waals surface area contributed by atoms with E-state index in [1.54, 1.807) is 0 Å². The fourth-order valence-electron chi connectivity index (χ4n) is 6.85. The molecule has 1 unspecified atom stereocenters. The van der Waals surface area contributed by atoms with Gasteiger partial charge in [0.05, 0.1) is 6.10 Å². The molecular weight excluding hydrogens is 824 g/mol. The van der Waals surface area contributed by atoms with E-state index in [2.05, 4.69) is 0 Å². The van der Waals surface area contributed by atoms with Gasteiger partial charge >= 0.3 is 23.9 Å². The number of aliphatic hydroxyl groups excluding tert-OH is 12. The highest BCUT2D eigenvalue weighted by Gasteiger charge is 2.59. The Kier molecular flexibility index (Phi) is 14.8. The third-order valence-corrected chi connectivity index (χ3v) is 10.1. The zero-order valence-corrected chi connectivity index (χ0v) is 29.9. The lowest BCUT2D eigenvalue weighted by Crippen LogP contribution is -2.68. The lowest BCUT2D eigenvalue weighted by Gasteiger charge is -2.48. The summed E-state index contributed by atoms with van der Waals surface area (Å²) in [5.41, 5.74) is 0. The van der Waals surface area contributed by atoms with E-state index < -0.39 is 177 Å². The quantitative estimate of drug-likeness (QED) is 0.0866. The molecule has 0 amide bonds. The highest BCUT2D eigenvalue weighted by atomic mass is 16.8. The van der Waals surface area contributed by atoms with Crippen LogP contribution in [-0.4, -0.2) is 259 Å². The highest BCUT2D eigenvalue weighted by molar-refractivity contribution is 5.75. The lowest BCUT2D eigenvalue weighted by atomic mass is 9.95. The summed E-state index contributed by atoms with van der Waals surface area (Å²) in [5, 5.41) is 165. The molecule has 0 aromatic rings. The number of carboxylic acids is 4. The molecule has 59 heavy (non-hydrogen) atoms. The minimum Gasteiger partial charge on any atom is -0.479 e. The van der Waals surface area contributed by atoms with Crippen LogP contribution in [0.1, 0.15) is 6.92 Å². The standard InChI is InChI=1S/C30H44O29/c1-2-3(31)5(33)18(26(50)51-2)56-30-13(41)9(37)16(21(59-30)25(48)49)54-29-12(40)8(36)15(20(58-29)24(46)47)53-28-11(39)7(35)14(19(57-28)23(44)45)52-27-10(38)4(32)6(34)17(55-27)22(42)43/h2-21,26-41,50H,1H3,(H,42,43)(H,44,45)(H,46,47)(H,48,49)/t2-,3-,4-,5+,6+,7+,8+,9+,10+,11+,12+,13+,14+,15+,16+,17-,18+,19-,20-,21-,26?,27-,28-,29-,30-/m0/s1. The second kappa shape index (κ2) is 18.6. The minimum absolute atomic E-state index is 1.10. The topological polar surface area (TPSA) is 475 Å². The third kappa shape index (κ3) is 9.30. The van der Waals surface area contributed by atoms with Crippen molar-refractivity contribution < 1.29 is 144 Å². The van der Waals surface area contributed by atoms with Gasteiger partial charge in [0, 0.05) is 0 Å². The Morgan fingerprint density at radius 1 is 0.339 bits per heavy atom. The third-order valence-electron chi connectivity index (χ3n) is 10.1. The van der Waals surface area contributed by atoms with Gasteiger partial charge in [-0.05, 0) is 6.92 Å². The molecule has 5 heterocycles. The average molecular weight is 869 g/mol. The van der Waals surface area contributed by atoms with Gasteiger partial charge in [-0.25, -0.2) is 19.2 Å². The smallest absolute Gasteiger partial charge is 0.335 e. The number of aliphatic carboxylic acids is 4. The van der Waals surface area contributed by atoms with Crippen LogP contribution in [0.5, 0.6) is 0 Å². The van der Waals surface area contributed by atoms with Gasteiger partial charge in [0.15, 0.2) is 55.9 Å². The first kappa shape index (κ1) is 47.1. The largest absolute Gasteiger partial charge is 0.479 e. The Hall–Kier alpha value is -2.96. The van der Waals surface area contributed by atoms with Crippen molar-refractivity contribution in [1.29, 1.82) is 0 Å². The van der Waals surface area contributed by atoms with Crippen molar-refractivity contribution in [1.82, 2.24) is 0 Å². The van der Waals surface area contributed by atoms with E-state index in [1.807, 2.05) is 0 Å². The van der Waals surface area contributed by atoms with Crippen LogP contribution in [-0.2, 0) is 61.8 Å². The molecule has 0 saturated carbocycles. The Morgan fingerprint density at radius 3 is 0.932 bits per heavy atom. The number of carboxylic acid groups (broad SMARTS) is 4. The molecule has 5 saturated heterocycles. The molecule has 0 radical (unpaired) electrons. The lowest BCUT2D eigenvalue weighted by molar-refractivity contribution is -0.385. The van der Waals surface area contributed by atoms with Gasteiger partial charge in [0.1, 0.15) is 91.6 Å². The molecule has 0 bridgehead atoms. The number of ether oxygens (including phenoxy) is 9. The maximum absolute atomic E-state index is 12.3. The molecule has 0 aromatic heterocycles. The summed E-state index contributed by atoms with van der Waals surface area (Å²) in [7, 11) is 0. The van der Waals surface area contributed by atoms with Crippen molar-refractivity contribution in [2.75, 3.05) is 0 Å². The highest BCUT2D eigenvalue weighted by Crippen LogP contribution is 2.36. The van der Waals surface area contributed by atoms with Crippen LogP contribution in [0.25, 0.3) is 0 Å². The molecule has 338 valence electrons. The fraction of sp³-hybridized carbons (Fsp3) is 0.867. The Labute approximate surface area is 328 Å². The summed E-state index contributed by atoms with van der Waals surface area (Å²) >= 11 is 0. The monoisotopic (exact) mass is 868 g/mol. The van der Waals surface area contributed by atoms with Crippen molar-refractivity contribution in [2.45, 2.75) is 160 Å². The molecule has 25 atom stereocenters. The van der Waals surface area contributed by atoms with Gasteiger partial charge in [0.25, 0.3) is 0 Å². The van der Waals surface area contributed by atoms with E-state index in [4.69, 9.17) is 42.6 Å². The number of aliphatic hydroxyl groups is 12. The van der Waals surface area contributed by atoms with E-state index in [1.165, 1.54) is 6.92 Å². The van der Waals surface area contributed by atoms with Gasteiger partial charge in [-0.3, -0.25) is 0 Å². The summed E-state index contributed by atoms with van der Waals surface area (Å²) in [6.07, 6.45) is -55.7. The molecular formula is C30H44O29. The van der Waals surface area contributed by atoms with Crippen molar-refractivity contribution in [2.24, 2.45) is 0 Å². The van der Waals surface area contributed by atoms with Crippen LogP contribution in [0.2, 0.25) is 0 Å². The second-order valence-electron chi connectivity index (χ2n) is 14.1. The SMILES string of the molecule is C[C@@H]1OC(O)[C@H](O[C@H]2O[C@H](C(=O)O)[C@H](O[C@H]3O[C@H](C(=O)O)[C@H](O[C@H]4O[C@H](C(=O)O)[C@H](O[C@H]5O[C@H](C(=O)O)[C@H](O)[C@H](O)[C@H]5O)[C@H](O)[C@H]4O)[C@H](O)[C@H]3O)[C@H](O)[C@H]2O)[C@H](O)[C@H]1O. The predicted molar refractivity (Wildman–Crippen MR) is 167 cm³/mol. The van der Waals surface area contributed by atoms with Gasteiger partial charge in [-0.1, -0.05) is 0 Å². The minimum atomic E-state index is -2.51. The number of rotatable bonds is 12. The van der Waals surface area contributed by atoms with E-state index in [0.29, 0.717) is 0 Å². The summed E-state index contributed by atoms with van der Waals surface area (Å²) in [6, 6.07) is 0. The maximum Gasteiger partial charge on any atom is 0.335 e.